The fourth-order valence-corrected chi connectivity index (χ4v) is 2.67. The maximum Gasteiger partial charge on any atom is 0.271 e. The second-order valence-corrected chi connectivity index (χ2v) is 5.92. The van der Waals surface area contributed by atoms with Crippen LogP contribution < -0.4 is 5.73 Å². The first kappa shape index (κ1) is 18.3. The Morgan fingerprint density at radius 1 is 1.25 bits per heavy atom. The van der Waals surface area contributed by atoms with Crippen molar-refractivity contribution in [1.82, 2.24) is 4.42 Å². The number of amides is 1. The molecule has 0 fully saturated rings. The van der Waals surface area contributed by atoms with Gasteiger partial charge in [0, 0.05) is 35.0 Å². The number of benzene rings is 2. The zero-order valence-electron chi connectivity index (χ0n) is 13.0. The van der Waals surface area contributed by atoms with Gasteiger partial charge in [0.25, 0.3) is 5.91 Å². The van der Waals surface area contributed by atoms with Crippen molar-refractivity contribution in [3.05, 3.63) is 70.2 Å². The highest BCUT2D eigenvalue weighted by Crippen LogP contribution is 2.27. The van der Waals surface area contributed by atoms with Crippen molar-refractivity contribution >= 4 is 35.1 Å². The number of nitrogens with zero attached hydrogens (tertiary/aromatic N) is 1. The van der Waals surface area contributed by atoms with Crippen LogP contribution in [0.25, 0.3) is 0 Å². The molecule has 5 nitrogen and oxygen atoms in total. The molecule has 0 aliphatic carbocycles. The molecule has 0 radical (unpaired) electrons. The summed E-state index contributed by atoms with van der Waals surface area (Å²) in [7, 11) is 1.43. The molecule has 0 saturated heterocycles. The molecular weight excluding hydrogens is 349 g/mol. The third-order valence-corrected chi connectivity index (χ3v) is 4.10. The van der Waals surface area contributed by atoms with E-state index in [1.165, 1.54) is 7.11 Å². The maximum atomic E-state index is 12.6. The van der Waals surface area contributed by atoms with Crippen molar-refractivity contribution in [3.63, 3.8) is 0 Å². The minimum Gasteiger partial charge on any atom is -0.384 e. The van der Waals surface area contributed by atoms with Gasteiger partial charge in [-0.05, 0) is 11.6 Å². The summed E-state index contributed by atoms with van der Waals surface area (Å²) >= 11 is 12.3. The molecule has 0 aliphatic rings. The first-order valence-electron chi connectivity index (χ1n) is 7.11. The highest BCUT2D eigenvalue weighted by Gasteiger charge is 2.26. The molecule has 0 saturated carbocycles. The van der Waals surface area contributed by atoms with Gasteiger partial charge >= 0.3 is 0 Å². The summed E-state index contributed by atoms with van der Waals surface area (Å²) in [5.41, 5.74) is 7.38. The zero-order chi connectivity index (χ0) is 17.7. The number of nitrogen functional groups attached to an aromatic ring is 1. The first-order valence-corrected chi connectivity index (χ1v) is 7.83. The fourth-order valence-electron chi connectivity index (χ4n) is 2.20. The zero-order valence-corrected chi connectivity index (χ0v) is 14.5. The van der Waals surface area contributed by atoms with E-state index in [9.17, 15) is 4.79 Å². The van der Waals surface area contributed by atoms with Gasteiger partial charge in [0.2, 0.25) is 0 Å². The number of methoxy groups -OCH3 is 1. The largest absolute Gasteiger partial charge is 0.384 e. The summed E-state index contributed by atoms with van der Waals surface area (Å²) in [6, 6.07) is 13.9. The van der Waals surface area contributed by atoms with Gasteiger partial charge in [-0.2, -0.15) is 0 Å². The van der Waals surface area contributed by atoms with Crippen LogP contribution in [-0.4, -0.2) is 23.3 Å². The van der Waals surface area contributed by atoms with Gasteiger partial charge in [-0.3, -0.25) is 10.2 Å². The topological polar surface area (TPSA) is 79.4 Å². The number of halogens is 2. The van der Waals surface area contributed by atoms with Gasteiger partial charge < -0.3 is 10.5 Å². The van der Waals surface area contributed by atoms with E-state index in [0.717, 1.165) is 9.98 Å². The normalized spacial score (nSPS) is 11.8. The van der Waals surface area contributed by atoms with Crippen LogP contribution in [0.5, 0.6) is 0 Å². The van der Waals surface area contributed by atoms with E-state index in [1.807, 2.05) is 0 Å². The van der Waals surface area contributed by atoms with Crippen LogP contribution in [0, 0.1) is 5.41 Å². The Labute approximate surface area is 150 Å². The lowest BCUT2D eigenvalue weighted by Gasteiger charge is -2.21. The van der Waals surface area contributed by atoms with Crippen LogP contribution in [0.1, 0.15) is 22.8 Å². The summed E-state index contributed by atoms with van der Waals surface area (Å²) in [5, 5.41) is 7.81. The molecule has 126 valence electrons. The molecule has 0 aromatic heterocycles. The van der Waals surface area contributed by atoms with Gasteiger partial charge in [-0.15, -0.1) is 0 Å². The quantitative estimate of drug-likeness (QED) is 0.467. The van der Waals surface area contributed by atoms with E-state index in [0.29, 0.717) is 16.1 Å². The van der Waals surface area contributed by atoms with E-state index in [2.05, 4.69) is 0 Å². The Bertz CT molecular complexity index is 735. The summed E-state index contributed by atoms with van der Waals surface area (Å²) in [6.45, 7) is 0.183. The number of amidine groups is 1. The number of carbonyl (C=O) groups is 1. The van der Waals surface area contributed by atoms with Gasteiger partial charge in [-0.1, -0.05) is 54.1 Å². The molecule has 1 amide bonds. The Morgan fingerprint density at radius 3 is 2.42 bits per heavy atom. The molecule has 7 heteroatoms. The smallest absolute Gasteiger partial charge is 0.271 e. The predicted octanol–water partition coefficient (Wildman–Crippen LogP) is 3.49. The minimum atomic E-state index is -0.882. The molecule has 24 heavy (non-hydrogen) atoms. The van der Waals surface area contributed by atoms with Crippen molar-refractivity contribution in [2.45, 2.75) is 12.6 Å². The molecule has 2 aromatic carbocycles. The Hall–Kier alpha value is -2.08. The Kier molecular flexibility index (Phi) is 6.20. The molecule has 1 unspecified atom stereocenters. The van der Waals surface area contributed by atoms with Gasteiger partial charge in [0.05, 0.1) is 6.54 Å². The van der Waals surface area contributed by atoms with Crippen LogP contribution in [0.4, 0.5) is 0 Å². The second kappa shape index (κ2) is 8.15. The lowest BCUT2D eigenvalue weighted by molar-refractivity contribution is -0.137. The highest BCUT2D eigenvalue weighted by molar-refractivity contribution is 6.31. The van der Waals surface area contributed by atoms with Crippen molar-refractivity contribution < 1.29 is 9.53 Å². The number of carbonyl (C=O) groups excluding carboxylic acids is 1. The molecule has 0 aliphatic heterocycles. The molecule has 0 spiro atoms. The van der Waals surface area contributed by atoms with Crippen LogP contribution in [0.2, 0.25) is 5.02 Å². The number of nitrogens with two attached hydrogens (primary N) is 1. The molecule has 1 atom stereocenters. The van der Waals surface area contributed by atoms with Gasteiger partial charge in [0.15, 0.2) is 6.10 Å². The fraction of sp³-hybridized carbons (Fsp3) is 0.176. The maximum absolute atomic E-state index is 12.6. The van der Waals surface area contributed by atoms with E-state index >= 15 is 0 Å². The summed E-state index contributed by atoms with van der Waals surface area (Å²) < 4.78 is 6.34. The van der Waals surface area contributed by atoms with E-state index in [-0.39, 0.29) is 12.4 Å². The monoisotopic (exact) mass is 365 g/mol. The lowest BCUT2D eigenvalue weighted by Crippen LogP contribution is -2.28. The van der Waals surface area contributed by atoms with Gasteiger partial charge in [0.1, 0.15) is 5.84 Å². The first-order chi connectivity index (χ1) is 11.4. The van der Waals surface area contributed by atoms with Crippen LogP contribution in [0.3, 0.4) is 0 Å². The van der Waals surface area contributed by atoms with Crippen LogP contribution in [0.15, 0.2) is 48.5 Å². The standard InChI is InChI=1S/C17H17Cl2N3O2/c1-24-15(13-4-2-3-5-14(13)18)17(23)22(19)10-11-6-8-12(9-7-11)16(20)21/h2-9,15H,10H2,1H3,(H3,20,21). The predicted molar refractivity (Wildman–Crippen MR) is 95.1 cm³/mol. The van der Waals surface area contributed by atoms with Crippen molar-refractivity contribution in [3.8, 4) is 0 Å². The number of nitrogens with one attached hydrogen (secondary N) is 1. The lowest BCUT2D eigenvalue weighted by atomic mass is 10.1. The van der Waals surface area contributed by atoms with Crippen molar-refractivity contribution in [1.29, 1.82) is 5.41 Å². The van der Waals surface area contributed by atoms with E-state index in [1.54, 1.807) is 48.5 Å². The summed E-state index contributed by atoms with van der Waals surface area (Å²) in [6.07, 6.45) is -0.882. The molecule has 2 aromatic rings. The number of rotatable bonds is 6. The van der Waals surface area contributed by atoms with Gasteiger partial charge in [-0.25, -0.2) is 4.42 Å². The van der Waals surface area contributed by atoms with E-state index < -0.39 is 12.0 Å². The molecular formula is C17H17Cl2N3O2. The number of hydrogen-bond acceptors (Lipinski definition) is 3. The van der Waals surface area contributed by atoms with Crippen LogP contribution in [-0.2, 0) is 16.1 Å². The third kappa shape index (κ3) is 4.26. The molecule has 3 N–H and O–H groups in total. The second-order valence-electron chi connectivity index (χ2n) is 5.11. The SMILES string of the molecule is COC(C(=O)N(Cl)Cc1ccc(C(=N)N)cc1)c1ccccc1Cl. The van der Waals surface area contributed by atoms with E-state index in [4.69, 9.17) is 39.3 Å². The van der Waals surface area contributed by atoms with Crippen molar-refractivity contribution in [2.75, 3.05) is 7.11 Å². The van der Waals surface area contributed by atoms with Crippen LogP contribution >= 0.6 is 23.4 Å². The summed E-state index contributed by atoms with van der Waals surface area (Å²) in [5.74, 6) is -0.429. The Balaban J connectivity index is 2.13. The molecule has 0 bridgehead atoms. The van der Waals surface area contributed by atoms with Crippen molar-refractivity contribution in [2.24, 2.45) is 5.73 Å². The minimum absolute atomic E-state index is 0.0153. The molecule has 0 heterocycles. The Morgan fingerprint density at radius 2 is 1.88 bits per heavy atom. The third-order valence-electron chi connectivity index (χ3n) is 3.47. The average Bonchev–Trinajstić information content (AvgIpc) is 2.57. The average molecular weight is 366 g/mol. The number of ether oxygens (including phenoxy) is 1. The molecule has 2 rings (SSSR count). The summed E-state index contributed by atoms with van der Waals surface area (Å²) in [4.78, 5) is 12.6. The highest BCUT2D eigenvalue weighted by atomic mass is 35.5. The number of hydrogen-bond donors (Lipinski definition) is 2.